The maximum Gasteiger partial charge on any atom is 0.321 e. The molecule has 2 fully saturated rings. The molecule has 1 aliphatic heterocycles. The Bertz CT molecular complexity index is 813. The lowest BCUT2D eigenvalue weighted by Gasteiger charge is -2.51. The van der Waals surface area contributed by atoms with Crippen molar-refractivity contribution in [2.75, 3.05) is 47.8 Å². The summed E-state index contributed by atoms with van der Waals surface area (Å²) in [7, 11) is 7.65. The van der Waals surface area contributed by atoms with E-state index in [0.717, 1.165) is 25.7 Å². The van der Waals surface area contributed by atoms with Crippen molar-refractivity contribution in [3.05, 3.63) is 35.9 Å². The van der Waals surface area contributed by atoms with E-state index in [4.69, 9.17) is 0 Å². The number of likely N-dealkylation sites (N-methyl/N-ethyl adjacent to an activating group) is 1. The van der Waals surface area contributed by atoms with Gasteiger partial charge in [-0.25, -0.2) is 4.79 Å². The number of amides is 3. The van der Waals surface area contributed by atoms with Gasteiger partial charge in [0.25, 0.3) is 0 Å². The quantitative estimate of drug-likeness (QED) is 0.670. The summed E-state index contributed by atoms with van der Waals surface area (Å²) in [5.74, 6) is -0.0454. The first kappa shape index (κ1) is 23.3. The van der Waals surface area contributed by atoms with Crippen molar-refractivity contribution in [2.24, 2.45) is 0 Å². The lowest BCUT2D eigenvalue weighted by atomic mass is 9.68. The highest BCUT2D eigenvalue weighted by Crippen LogP contribution is 2.48. The number of Topliss-reactive ketones (excluding diaryl/α,β-unsaturated/α-hetero) is 1. The number of urea groups is 1. The van der Waals surface area contributed by atoms with Crippen LogP contribution in [-0.4, -0.2) is 90.7 Å². The molecule has 1 saturated heterocycles. The van der Waals surface area contributed by atoms with Crippen LogP contribution in [0.2, 0.25) is 0 Å². The zero-order valence-electron chi connectivity index (χ0n) is 19.6. The van der Waals surface area contributed by atoms with Gasteiger partial charge in [-0.2, -0.15) is 0 Å². The summed E-state index contributed by atoms with van der Waals surface area (Å²) in [6.07, 6.45) is 3.77. The van der Waals surface area contributed by atoms with Crippen molar-refractivity contribution < 1.29 is 14.4 Å². The minimum absolute atomic E-state index is 0.0482. The Morgan fingerprint density at radius 3 is 2.10 bits per heavy atom. The van der Waals surface area contributed by atoms with Crippen LogP contribution in [0, 0.1) is 0 Å². The minimum Gasteiger partial charge on any atom is -0.347 e. The summed E-state index contributed by atoms with van der Waals surface area (Å²) in [6, 6.07) is 10.3. The molecule has 1 aliphatic carbocycles. The maximum absolute atomic E-state index is 13.3. The second kappa shape index (κ2) is 8.99. The van der Waals surface area contributed by atoms with Crippen molar-refractivity contribution in [1.29, 1.82) is 0 Å². The van der Waals surface area contributed by atoms with Crippen LogP contribution < -0.4 is 0 Å². The number of carbonyl (C=O) groups excluding carboxylic acids is 3. The van der Waals surface area contributed by atoms with Crippen LogP contribution in [0.25, 0.3) is 0 Å². The molecular formula is C24H36N4O3. The van der Waals surface area contributed by atoms with Crippen LogP contribution in [0.3, 0.4) is 0 Å². The third kappa shape index (κ3) is 4.33. The highest BCUT2D eigenvalue weighted by molar-refractivity contribution is 5.89. The first-order valence-corrected chi connectivity index (χ1v) is 11.2. The van der Waals surface area contributed by atoms with Gasteiger partial charge >= 0.3 is 6.03 Å². The summed E-state index contributed by atoms with van der Waals surface area (Å²) < 4.78 is 0. The Kier molecular flexibility index (Phi) is 6.74. The van der Waals surface area contributed by atoms with Crippen LogP contribution in [0.5, 0.6) is 0 Å². The molecule has 1 aromatic carbocycles. The molecule has 1 spiro atoms. The van der Waals surface area contributed by atoms with Crippen LogP contribution in [0.4, 0.5) is 4.79 Å². The third-order valence-corrected chi connectivity index (χ3v) is 7.29. The lowest BCUT2D eigenvalue weighted by molar-refractivity contribution is -0.130. The predicted octanol–water partition coefficient (Wildman–Crippen LogP) is 2.56. The van der Waals surface area contributed by atoms with E-state index in [1.54, 1.807) is 23.9 Å². The fourth-order valence-corrected chi connectivity index (χ4v) is 5.14. The normalized spacial score (nSPS) is 26.1. The van der Waals surface area contributed by atoms with Crippen LogP contribution in [-0.2, 0) is 15.1 Å². The van der Waals surface area contributed by atoms with Crippen molar-refractivity contribution in [3.8, 4) is 0 Å². The van der Waals surface area contributed by atoms with Crippen molar-refractivity contribution in [2.45, 2.75) is 50.1 Å². The van der Waals surface area contributed by atoms with Gasteiger partial charge in [-0.15, -0.1) is 0 Å². The van der Waals surface area contributed by atoms with Crippen LogP contribution in [0.1, 0.15) is 44.6 Å². The molecule has 0 aromatic heterocycles. The Morgan fingerprint density at radius 2 is 1.58 bits per heavy atom. The number of benzene rings is 1. The van der Waals surface area contributed by atoms with Gasteiger partial charge in [-0.3, -0.25) is 14.5 Å². The largest absolute Gasteiger partial charge is 0.347 e. The van der Waals surface area contributed by atoms with Gasteiger partial charge in [-0.1, -0.05) is 37.3 Å². The van der Waals surface area contributed by atoms with Gasteiger partial charge in [0.2, 0.25) is 5.91 Å². The molecule has 3 amide bonds. The van der Waals surface area contributed by atoms with Gasteiger partial charge in [-0.05, 0) is 45.3 Å². The van der Waals surface area contributed by atoms with Gasteiger partial charge in [0.1, 0.15) is 6.54 Å². The van der Waals surface area contributed by atoms with E-state index in [9.17, 15) is 14.4 Å². The molecule has 7 nitrogen and oxygen atoms in total. The standard InChI is InChI=1S/C24H36N4O3/c1-6-20(29)16-27-18-23(28(22(27)31)17-21(30)25(2)3)12-14-24(15-13-23,26(4)5)19-10-8-7-9-11-19/h7-11H,6,12-18H2,1-5H3. The number of carbonyl (C=O) groups is 3. The van der Waals surface area contributed by atoms with E-state index < -0.39 is 5.54 Å². The van der Waals surface area contributed by atoms with Crippen molar-refractivity contribution in [3.63, 3.8) is 0 Å². The van der Waals surface area contributed by atoms with E-state index in [0.29, 0.717) is 13.0 Å². The van der Waals surface area contributed by atoms with E-state index in [-0.39, 0.29) is 36.3 Å². The predicted molar refractivity (Wildman–Crippen MR) is 121 cm³/mol. The fourth-order valence-electron chi connectivity index (χ4n) is 5.14. The number of nitrogens with zero attached hydrogens (tertiary/aromatic N) is 4. The molecule has 0 radical (unpaired) electrons. The van der Waals surface area contributed by atoms with E-state index >= 15 is 0 Å². The minimum atomic E-state index is -0.412. The number of ketones is 1. The highest BCUT2D eigenvalue weighted by Gasteiger charge is 2.55. The summed E-state index contributed by atoms with van der Waals surface area (Å²) in [5.41, 5.74) is 0.776. The number of rotatable bonds is 7. The molecule has 2 aliphatic rings. The molecule has 170 valence electrons. The highest BCUT2D eigenvalue weighted by atomic mass is 16.2. The van der Waals surface area contributed by atoms with Gasteiger partial charge in [0.15, 0.2) is 5.78 Å². The summed E-state index contributed by atoms with van der Waals surface area (Å²) in [5, 5.41) is 0. The van der Waals surface area contributed by atoms with E-state index in [1.165, 1.54) is 10.5 Å². The van der Waals surface area contributed by atoms with Crippen LogP contribution in [0.15, 0.2) is 30.3 Å². The summed E-state index contributed by atoms with van der Waals surface area (Å²) in [6.45, 7) is 2.51. The molecule has 1 heterocycles. The Morgan fingerprint density at radius 1 is 0.968 bits per heavy atom. The molecule has 0 atom stereocenters. The molecular weight excluding hydrogens is 392 g/mol. The van der Waals surface area contributed by atoms with Gasteiger partial charge < -0.3 is 14.7 Å². The monoisotopic (exact) mass is 428 g/mol. The first-order chi connectivity index (χ1) is 14.6. The molecule has 31 heavy (non-hydrogen) atoms. The molecule has 7 heteroatoms. The fraction of sp³-hybridized carbons (Fsp3) is 0.625. The maximum atomic E-state index is 13.3. The molecule has 0 unspecified atom stereocenters. The van der Waals surface area contributed by atoms with E-state index in [1.807, 2.05) is 13.0 Å². The van der Waals surface area contributed by atoms with Gasteiger partial charge in [0, 0.05) is 32.6 Å². The average Bonchev–Trinajstić information content (AvgIpc) is 3.00. The summed E-state index contributed by atoms with van der Waals surface area (Å²) >= 11 is 0. The van der Waals surface area contributed by atoms with E-state index in [2.05, 4.69) is 43.3 Å². The third-order valence-electron chi connectivity index (χ3n) is 7.29. The molecule has 1 saturated carbocycles. The summed E-state index contributed by atoms with van der Waals surface area (Å²) in [4.78, 5) is 45.2. The lowest BCUT2D eigenvalue weighted by Crippen LogP contribution is -2.57. The zero-order valence-corrected chi connectivity index (χ0v) is 19.6. The number of hydrogen-bond acceptors (Lipinski definition) is 4. The second-order valence-electron chi connectivity index (χ2n) is 9.42. The zero-order chi connectivity index (χ0) is 22.8. The number of hydrogen-bond donors (Lipinski definition) is 0. The smallest absolute Gasteiger partial charge is 0.321 e. The molecule has 0 N–H and O–H groups in total. The Balaban J connectivity index is 1.89. The Hall–Kier alpha value is -2.41. The Labute approximate surface area is 186 Å². The SMILES string of the molecule is CCC(=O)CN1CC2(CCC(c3ccccc3)(N(C)C)CC2)N(CC(=O)N(C)C)C1=O. The molecule has 0 bridgehead atoms. The molecule has 1 aromatic rings. The first-order valence-electron chi connectivity index (χ1n) is 11.2. The second-order valence-corrected chi connectivity index (χ2v) is 9.42. The molecule has 3 rings (SSSR count). The van der Waals surface area contributed by atoms with Gasteiger partial charge in [0.05, 0.1) is 12.1 Å². The topological polar surface area (TPSA) is 64.2 Å². The average molecular weight is 429 g/mol. The van der Waals surface area contributed by atoms with Crippen LogP contribution >= 0.6 is 0 Å². The van der Waals surface area contributed by atoms with Crippen molar-refractivity contribution in [1.82, 2.24) is 19.6 Å². The van der Waals surface area contributed by atoms with Crippen molar-refractivity contribution >= 4 is 17.7 Å².